The van der Waals surface area contributed by atoms with E-state index < -0.39 is 0 Å². The van der Waals surface area contributed by atoms with Crippen LogP contribution in [0.15, 0.2) is 36.4 Å². The summed E-state index contributed by atoms with van der Waals surface area (Å²) < 4.78 is 13.7. The highest BCUT2D eigenvalue weighted by molar-refractivity contribution is 6.07. The van der Waals surface area contributed by atoms with Gasteiger partial charge in [-0.25, -0.2) is 4.39 Å². The van der Waals surface area contributed by atoms with Crippen LogP contribution in [0.2, 0.25) is 0 Å². The molecule has 0 atom stereocenters. The highest BCUT2D eigenvalue weighted by atomic mass is 19.1. The van der Waals surface area contributed by atoms with E-state index in [1.807, 2.05) is 13.0 Å². The first-order valence-electron chi connectivity index (χ1n) is 6.08. The zero-order valence-corrected chi connectivity index (χ0v) is 10.6. The van der Waals surface area contributed by atoms with E-state index in [4.69, 9.17) is 0 Å². The van der Waals surface area contributed by atoms with Crippen LogP contribution in [0, 0.1) is 5.82 Å². The summed E-state index contributed by atoms with van der Waals surface area (Å²) in [4.78, 5) is 13.9. The number of benzene rings is 2. The molecule has 0 saturated heterocycles. The molecule has 2 nitrogen and oxygen atoms in total. The quantitative estimate of drug-likeness (QED) is 0.811. The predicted octanol–water partition coefficient (Wildman–Crippen LogP) is 3.46. The Morgan fingerprint density at radius 3 is 2.50 bits per heavy atom. The second-order valence-corrected chi connectivity index (χ2v) is 4.37. The van der Waals surface area contributed by atoms with E-state index in [1.54, 1.807) is 36.2 Å². The standard InChI is InChI=1S/C15H16FNO/c1-3-10-17(2)15(18)13-8-9-14(16)12-7-5-4-6-11(12)13/h4-9H,3,10H2,1-2H3. The number of amides is 1. The van der Waals surface area contributed by atoms with E-state index in [-0.39, 0.29) is 11.7 Å². The van der Waals surface area contributed by atoms with E-state index in [0.717, 1.165) is 6.42 Å². The fourth-order valence-electron chi connectivity index (χ4n) is 2.09. The third-order valence-corrected chi connectivity index (χ3v) is 3.01. The minimum atomic E-state index is -0.291. The minimum absolute atomic E-state index is 0.0620. The smallest absolute Gasteiger partial charge is 0.254 e. The summed E-state index contributed by atoms with van der Waals surface area (Å²) in [6.45, 7) is 2.72. The number of fused-ring (bicyclic) bond motifs is 1. The zero-order valence-electron chi connectivity index (χ0n) is 10.6. The van der Waals surface area contributed by atoms with Crippen molar-refractivity contribution in [2.24, 2.45) is 0 Å². The molecule has 0 aliphatic rings. The van der Waals surface area contributed by atoms with Crippen molar-refractivity contribution in [3.63, 3.8) is 0 Å². The molecule has 0 spiro atoms. The summed E-state index contributed by atoms with van der Waals surface area (Å²) in [5, 5.41) is 1.17. The van der Waals surface area contributed by atoms with Gasteiger partial charge in [-0.2, -0.15) is 0 Å². The van der Waals surface area contributed by atoms with Gasteiger partial charge in [0, 0.05) is 24.5 Å². The molecule has 0 heterocycles. The lowest BCUT2D eigenvalue weighted by molar-refractivity contribution is 0.0797. The fraction of sp³-hybridized carbons (Fsp3) is 0.267. The van der Waals surface area contributed by atoms with E-state index in [0.29, 0.717) is 22.9 Å². The molecule has 2 aromatic rings. The minimum Gasteiger partial charge on any atom is -0.342 e. The fourth-order valence-corrected chi connectivity index (χ4v) is 2.09. The Kier molecular flexibility index (Phi) is 3.60. The first kappa shape index (κ1) is 12.6. The molecule has 0 aliphatic carbocycles. The van der Waals surface area contributed by atoms with Crippen molar-refractivity contribution < 1.29 is 9.18 Å². The number of carbonyl (C=O) groups is 1. The average Bonchev–Trinajstić information content (AvgIpc) is 2.39. The van der Waals surface area contributed by atoms with Gasteiger partial charge in [-0.1, -0.05) is 31.2 Å². The molecule has 1 amide bonds. The zero-order chi connectivity index (χ0) is 13.1. The summed E-state index contributed by atoms with van der Waals surface area (Å²) >= 11 is 0. The summed E-state index contributed by atoms with van der Waals surface area (Å²) in [7, 11) is 1.77. The number of hydrogen-bond acceptors (Lipinski definition) is 1. The van der Waals surface area contributed by atoms with Crippen LogP contribution in [-0.4, -0.2) is 24.4 Å². The van der Waals surface area contributed by atoms with Crippen LogP contribution in [0.3, 0.4) is 0 Å². The van der Waals surface area contributed by atoms with E-state index in [2.05, 4.69) is 0 Å². The first-order valence-corrected chi connectivity index (χ1v) is 6.08. The Bertz CT molecular complexity index is 580. The van der Waals surface area contributed by atoms with Gasteiger partial charge in [-0.15, -0.1) is 0 Å². The van der Waals surface area contributed by atoms with Gasteiger partial charge in [0.05, 0.1) is 0 Å². The Labute approximate surface area is 106 Å². The number of nitrogens with zero attached hydrogens (tertiary/aromatic N) is 1. The molecule has 0 aromatic heterocycles. The van der Waals surface area contributed by atoms with Gasteiger partial charge in [0.1, 0.15) is 5.82 Å². The SMILES string of the molecule is CCCN(C)C(=O)c1ccc(F)c2ccccc12. The largest absolute Gasteiger partial charge is 0.342 e. The first-order chi connectivity index (χ1) is 8.65. The van der Waals surface area contributed by atoms with Crippen molar-refractivity contribution in [3.05, 3.63) is 47.8 Å². The lowest BCUT2D eigenvalue weighted by Crippen LogP contribution is -2.27. The monoisotopic (exact) mass is 245 g/mol. The highest BCUT2D eigenvalue weighted by Gasteiger charge is 2.15. The molecule has 18 heavy (non-hydrogen) atoms. The molecule has 0 fully saturated rings. The molecular weight excluding hydrogens is 229 g/mol. The third kappa shape index (κ3) is 2.21. The molecule has 0 bridgehead atoms. The predicted molar refractivity (Wildman–Crippen MR) is 71.2 cm³/mol. The van der Waals surface area contributed by atoms with Crippen molar-refractivity contribution >= 4 is 16.7 Å². The molecule has 2 aromatic carbocycles. The van der Waals surface area contributed by atoms with Crippen molar-refractivity contribution in [2.75, 3.05) is 13.6 Å². The van der Waals surface area contributed by atoms with Crippen LogP contribution in [0.4, 0.5) is 4.39 Å². The van der Waals surface area contributed by atoms with Crippen LogP contribution in [0.5, 0.6) is 0 Å². The van der Waals surface area contributed by atoms with Crippen molar-refractivity contribution in [1.82, 2.24) is 4.90 Å². The summed E-state index contributed by atoms with van der Waals surface area (Å²) in [6.07, 6.45) is 0.904. The molecule has 0 unspecified atom stereocenters. The van der Waals surface area contributed by atoms with Crippen LogP contribution >= 0.6 is 0 Å². The van der Waals surface area contributed by atoms with Crippen LogP contribution in [0.25, 0.3) is 10.8 Å². The Morgan fingerprint density at radius 2 is 1.83 bits per heavy atom. The molecule has 94 valence electrons. The van der Waals surface area contributed by atoms with E-state index in [9.17, 15) is 9.18 Å². The van der Waals surface area contributed by atoms with Crippen LogP contribution in [-0.2, 0) is 0 Å². The van der Waals surface area contributed by atoms with Gasteiger partial charge in [0.25, 0.3) is 5.91 Å². The molecular formula is C15H16FNO. The van der Waals surface area contributed by atoms with E-state index in [1.165, 1.54) is 6.07 Å². The molecule has 2 rings (SSSR count). The number of halogens is 1. The second-order valence-electron chi connectivity index (χ2n) is 4.37. The topological polar surface area (TPSA) is 20.3 Å². The Balaban J connectivity index is 2.52. The number of rotatable bonds is 3. The van der Waals surface area contributed by atoms with Crippen molar-refractivity contribution in [1.29, 1.82) is 0 Å². The molecule has 3 heteroatoms. The normalized spacial score (nSPS) is 10.6. The number of carbonyl (C=O) groups excluding carboxylic acids is 1. The molecule has 0 aliphatic heterocycles. The summed E-state index contributed by atoms with van der Waals surface area (Å²) in [5.74, 6) is -0.353. The summed E-state index contributed by atoms with van der Waals surface area (Å²) in [5.41, 5.74) is 0.558. The van der Waals surface area contributed by atoms with Crippen molar-refractivity contribution in [2.45, 2.75) is 13.3 Å². The maximum atomic E-state index is 13.7. The van der Waals surface area contributed by atoms with Crippen LogP contribution < -0.4 is 0 Å². The van der Waals surface area contributed by atoms with Gasteiger partial charge >= 0.3 is 0 Å². The lowest BCUT2D eigenvalue weighted by atomic mass is 10.0. The summed E-state index contributed by atoms with van der Waals surface area (Å²) in [6, 6.07) is 9.99. The van der Waals surface area contributed by atoms with Gasteiger partial charge in [-0.05, 0) is 23.9 Å². The highest BCUT2D eigenvalue weighted by Crippen LogP contribution is 2.22. The maximum absolute atomic E-state index is 13.7. The number of hydrogen-bond donors (Lipinski definition) is 0. The molecule has 0 saturated carbocycles. The van der Waals surface area contributed by atoms with Gasteiger partial charge in [0.15, 0.2) is 0 Å². The molecule has 0 N–H and O–H groups in total. The van der Waals surface area contributed by atoms with Crippen LogP contribution in [0.1, 0.15) is 23.7 Å². The lowest BCUT2D eigenvalue weighted by Gasteiger charge is -2.17. The van der Waals surface area contributed by atoms with Gasteiger partial charge in [0.2, 0.25) is 0 Å². The third-order valence-electron chi connectivity index (χ3n) is 3.01. The van der Waals surface area contributed by atoms with Gasteiger partial charge < -0.3 is 4.90 Å². The van der Waals surface area contributed by atoms with Gasteiger partial charge in [-0.3, -0.25) is 4.79 Å². The van der Waals surface area contributed by atoms with E-state index >= 15 is 0 Å². The Hall–Kier alpha value is -1.90. The Morgan fingerprint density at radius 1 is 1.17 bits per heavy atom. The average molecular weight is 245 g/mol. The van der Waals surface area contributed by atoms with Crippen molar-refractivity contribution in [3.8, 4) is 0 Å². The second kappa shape index (κ2) is 5.17. The maximum Gasteiger partial charge on any atom is 0.254 e. The molecule has 0 radical (unpaired) electrons.